The number of carbonyl (C=O) groups is 1. The number of rotatable bonds is 4. The minimum absolute atomic E-state index is 0.254. The first-order valence-corrected chi connectivity index (χ1v) is 6.84. The molecule has 0 atom stereocenters. The first-order chi connectivity index (χ1) is 9.56. The van der Waals surface area contributed by atoms with Gasteiger partial charge in [0.05, 0.1) is 0 Å². The lowest BCUT2D eigenvalue weighted by molar-refractivity contribution is 0.0951. The molecule has 1 amide bonds. The smallest absolute Gasteiger partial charge is 0.423 e. The van der Waals surface area contributed by atoms with Crippen molar-refractivity contribution in [2.45, 2.75) is 6.54 Å². The first-order valence-electron chi connectivity index (χ1n) is 6.05. The van der Waals surface area contributed by atoms with Crippen molar-refractivity contribution in [2.75, 3.05) is 0 Å². The zero-order chi connectivity index (χ0) is 14.5. The molecule has 0 aliphatic heterocycles. The van der Waals surface area contributed by atoms with Crippen LogP contribution in [0.1, 0.15) is 15.9 Å². The van der Waals surface area contributed by atoms with Gasteiger partial charge in [0.15, 0.2) is 0 Å². The molecule has 0 aliphatic rings. The molecule has 0 spiro atoms. The fraction of sp³-hybridized carbons (Fsp3) is 0.0714. The van der Waals surface area contributed by atoms with Gasteiger partial charge in [0.1, 0.15) is 0 Å². The van der Waals surface area contributed by atoms with E-state index in [4.69, 9.17) is 10.0 Å². The van der Waals surface area contributed by atoms with Crippen molar-refractivity contribution < 1.29 is 14.8 Å². The SMILES string of the molecule is O=C(NCc1ccc(Br)cc1)c1cccc(B(O)O)c1. The van der Waals surface area contributed by atoms with E-state index >= 15 is 0 Å². The van der Waals surface area contributed by atoms with Crippen molar-refractivity contribution in [3.05, 3.63) is 64.1 Å². The maximum absolute atomic E-state index is 12.0. The lowest BCUT2D eigenvalue weighted by atomic mass is 9.79. The van der Waals surface area contributed by atoms with Crippen molar-refractivity contribution in [3.63, 3.8) is 0 Å². The molecule has 0 radical (unpaired) electrons. The van der Waals surface area contributed by atoms with Gasteiger partial charge in [0.25, 0.3) is 5.91 Å². The third-order valence-corrected chi connectivity index (χ3v) is 3.34. The highest BCUT2D eigenvalue weighted by molar-refractivity contribution is 9.10. The van der Waals surface area contributed by atoms with E-state index in [2.05, 4.69) is 21.2 Å². The Balaban J connectivity index is 2.01. The van der Waals surface area contributed by atoms with Gasteiger partial charge in [-0.05, 0) is 35.3 Å². The van der Waals surface area contributed by atoms with E-state index in [0.29, 0.717) is 17.6 Å². The highest BCUT2D eigenvalue weighted by Crippen LogP contribution is 2.10. The molecular weight excluding hydrogens is 321 g/mol. The summed E-state index contributed by atoms with van der Waals surface area (Å²) >= 11 is 3.35. The second-order valence-corrected chi connectivity index (χ2v) is 5.22. The summed E-state index contributed by atoms with van der Waals surface area (Å²) in [6.45, 7) is 0.415. The molecule has 0 saturated carbocycles. The normalized spacial score (nSPS) is 10.2. The molecule has 4 nitrogen and oxygen atoms in total. The first kappa shape index (κ1) is 14.8. The predicted molar refractivity (Wildman–Crippen MR) is 81.6 cm³/mol. The van der Waals surface area contributed by atoms with E-state index in [1.165, 1.54) is 6.07 Å². The molecular formula is C14H13BBrNO3. The number of halogens is 1. The van der Waals surface area contributed by atoms with Crippen LogP contribution in [0.15, 0.2) is 53.0 Å². The summed E-state index contributed by atoms with van der Waals surface area (Å²) in [6, 6.07) is 13.9. The molecule has 2 aromatic rings. The van der Waals surface area contributed by atoms with Crippen LogP contribution in [0.4, 0.5) is 0 Å². The molecule has 6 heteroatoms. The third kappa shape index (κ3) is 3.93. The Labute approximate surface area is 125 Å². The minimum Gasteiger partial charge on any atom is -0.423 e. The highest BCUT2D eigenvalue weighted by Gasteiger charge is 2.13. The van der Waals surface area contributed by atoms with E-state index in [1.807, 2.05) is 24.3 Å². The lowest BCUT2D eigenvalue weighted by Gasteiger charge is -2.07. The lowest BCUT2D eigenvalue weighted by Crippen LogP contribution is -2.31. The summed E-state index contributed by atoms with van der Waals surface area (Å²) in [6.07, 6.45) is 0. The zero-order valence-corrected chi connectivity index (χ0v) is 12.2. The number of benzene rings is 2. The monoisotopic (exact) mass is 333 g/mol. The minimum atomic E-state index is -1.57. The van der Waals surface area contributed by atoms with Gasteiger partial charge in [0, 0.05) is 16.6 Å². The number of nitrogens with one attached hydrogen (secondary N) is 1. The Bertz CT molecular complexity index is 602. The fourth-order valence-electron chi connectivity index (χ4n) is 1.73. The average Bonchev–Trinajstić information content (AvgIpc) is 2.46. The molecule has 0 fully saturated rings. The van der Waals surface area contributed by atoms with Crippen LogP contribution >= 0.6 is 15.9 Å². The summed E-state index contributed by atoms with van der Waals surface area (Å²) in [5, 5.41) is 20.9. The predicted octanol–water partition coefficient (Wildman–Crippen LogP) is 1.06. The van der Waals surface area contributed by atoms with Gasteiger partial charge in [-0.3, -0.25) is 4.79 Å². The van der Waals surface area contributed by atoms with Crippen LogP contribution in [0, 0.1) is 0 Å². The van der Waals surface area contributed by atoms with Gasteiger partial charge < -0.3 is 15.4 Å². The van der Waals surface area contributed by atoms with Gasteiger partial charge in [-0.25, -0.2) is 0 Å². The number of hydrogen-bond acceptors (Lipinski definition) is 3. The van der Waals surface area contributed by atoms with Crippen LogP contribution in [-0.4, -0.2) is 23.1 Å². The number of amides is 1. The van der Waals surface area contributed by atoms with Crippen LogP contribution in [0.25, 0.3) is 0 Å². The van der Waals surface area contributed by atoms with Crippen LogP contribution in [0.2, 0.25) is 0 Å². The molecule has 2 aromatic carbocycles. The standard InChI is InChI=1S/C14H13BBrNO3/c16-13-6-4-10(5-7-13)9-17-14(18)11-2-1-3-12(8-11)15(19)20/h1-8,19-20H,9H2,(H,17,18). The van der Waals surface area contributed by atoms with Crippen LogP contribution < -0.4 is 10.8 Å². The van der Waals surface area contributed by atoms with E-state index in [1.54, 1.807) is 18.2 Å². The Hall–Kier alpha value is -1.63. The Morgan fingerprint density at radius 2 is 1.85 bits per heavy atom. The topological polar surface area (TPSA) is 69.6 Å². The van der Waals surface area contributed by atoms with Crippen molar-refractivity contribution in [2.24, 2.45) is 0 Å². The van der Waals surface area contributed by atoms with Crippen molar-refractivity contribution in [1.82, 2.24) is 5.32 Å². The second kappa shape index (κ2) is 6.70. The molecule has 0 aliphatic carbocycles. The summed E-state index contributed by atoms with van der Waals surface area (Å²) in [4.78, 5) is 12.0. The van der Waals surface area contributed by atoms with Crippen molar-refractivity contribution in [1.29, 1.82) is 0 Å². The molecule has 3 N–H and O–H groups in total. The number of hydrogen-bond donors (Lipinski definition) is 3. The highest BCUT2D eigenvalue weighted by atomic mass is 79.9. The summed E-state index contributed by atoms with van der Waals surface area (Å²) in [5.41, 5.74) is 1.67. The summed E-state index contributed by atoms with van der Waals surface area (Å²) < 4.78 is 0.984. The fourth-order valence-corrected chi connectivity index (χ4v) is 1.99. The average molecular weight is 334 g/mol. The van der Waals surface area contributed by atoms with Gasteiger partial charge in [-0.15, -0.1) is 0 Å². The molecule has 102 valence electrons. The summed E-state index contributed by atoms with van der Waals surface area (Å²) in [5.74, 6) is -0.254. The second-order valence-electron chi connectivity index (χ2n) is 4.31. The van der Waals surface area contributed by atoms with Crippen molar-refractivity contribution >= 4 is 34.4 Å². The quantitative estimate of drug-likeness (QED) is 0.733. The molecule has 0 saturated heterocycles. The maximum Gasteiger partial charge on any atom is 0.488 e. The Morgan fingerprint density at radius 3 is 2.50 bits per heavy atom. The van der Waals surface area contributed by atoms with Crippen molar-refractivity contribution in [3.8, 4) is 0 Å². The molecule has 0 unspecified atom stereocenters. The third-order valence-electron chi connectivity index (χ3n) is 2.81. The zero-order valence-electron chi connectivity index (χ0n) is 10.6. The van der Waals surface area contributed by atoms with Gasteiger partial charge >= 0.3 is 7.12 Å². The molecule has 0 aromatic heterocycles. The maximum atomic E-state index is 12.0. The summed E-state index contributed by atoms with van der Waals surface area (Å²) in [7, 11) is -1.57. The van der Waals surface area contributed by atoms with E-state index in [-0.39, 0.29) is 5.91 Å². The number of carbonyl (C=O) groups excluding carboxylic acids is 1. The molecule has 0 bridgehead atoms. The molecule has 2 rings (SSSR count). The van der Waals surface area contributed by atoms with E-state index < -0.39 is 7.12 Å². The van der Waals surface area contributed by atoms with Crippen LogP contribution in [0.5, 0.6) is 0 Å². The van der Waals surface area contributed by atoms with Gasteiger partial charge in [-0.2, -0.15) is 0 Å². The van der Waals surface area contributed by atoms with Gasteiger partial charge in [-0.1, -0.05) is 40.2 Å². The Morgan fingerprint density at radius 1 is 1.15 bits per heavy atom. The van der Waals surface area contributed by atoms with E-state index in [9.17, 15) is 4.79 Å². The molecule has 20 heavy (non-hydrogen) atoms. The molecule has 0 heterocycles. The van der Waals surface area contributed by atoms with E-state index in [0.717, 1.165) is 10.0 Å². The largest absolute Gasteiger partial charge is 0.488 e. The Kier molecular flexibility index (Phi) is 4.95. The van der Waals surface area contributed by atoms with Crippen LogP contribution in [0.3, 0.4) is 0 Å². The van der Waals surface area contributed by atoms with Crippen LogP contribution in [-0.2, 0) is 6.54 Å². The van der Waals surface area contributed by atoms with Gasteiger partial charge in [0.2, 0.25) is 0 Å².